The van der Waals surface area contributed by atoms with Crippen molar-refractivity contribution in [3.63, 3.8) is 0 Å². The fourth-order valence-electron chi connectivity index (χ4n) is 4.59. The van der Waals surface area contributed by atoms with Crippen molar-refractivity contribution in [1.29, 1.82) is 0 Å². The summed E-state index contributed by atoms with van der Waals surface area (Å²) in [5.74, 6) is 0.962. The highest BCUT2D eigenvalue weighted by Gasteiger charge is 2.35. The number of carbonyl (C=O) groups is 1. The van der Waals surface area contributed by atoms with Gasteiger partial charge in [-0.2, -0.15) is 5.10 Å². The number of nitrogens with zero attached hydrogens (tertiary/aromatic N) is 4. The standard InChI is InChI=1S/C24H28N4O3/c1-31-14-13-27-24(30)28(21-10-11-21)22(25-27)20-7-4-12-26(16-20)23(29)19-9-8-17-5-2-3-6-18(17)15-19/h2-3,5-6,8-9,15,20-21H,4,7,10-14,16H2,1H3. The molecular formula is C24H28N4O3. The molecule has 0 radical (unpaired) electrons. The third-order valence-corrected chi connectivity index (χ3v) is 6.39. The zero-order valence-corrected chi connectivity index (χ0v) is 17.9. The van der Waals surface area contributed by atoms with Crippen molar-refractivity contribution < 1.29 is 9.53 Å². The van der Waals surface area contributed by atoms with E-state index in [2.05, 4.69) is 11.2 Å². The second-order valence-electron chi connectivity index (χ2n) is 8.61. The second-order valence-corrected chi connectivity index (χ2v) is 8.61. The third-order valence-electron chi connectivity index (χ3n) is 6.39. The van der Waals surface area contributed by atoms with Crippen LogP contribution in [0.3, 0.4) is 0 Å². The fourth-order valence-corrected chi connectivity index (χ4v) is 4.59. The van der Waals surface area contributed by atoms with Crippen molar-refractivity contribution in [2.24, 2.45) is 0 Å². The summed E-state index contributed by atoms with van der Waals surface area (Å²) in [7, 11) is 1.63. The maximum atomic E-state index is 13.3. The number of ether oxygens (including phenoxy) is 1. The average molecular weight is 421 g/mol. The van der Waals surface area contributed by atoms with Gasteiger partial charge in [0.05, 0.1) is 13.2 Å². The van der Waals surface area contributed by atoms with E-state index in [1.807, 2.05) is 45.9 Å². The molecule has 31 heavy (non-hydrogen) atoms. The Bertz CT molecular complexity index is 1160. The van der Waals surface area contributed by atoms with Crippen molar-refractivity contribution in [2.75, 3.05) is 26.8 Å². The predicted molar refractivity (Wildman–Crippen MR) is 118 cm³/mol. The van der Waals surface area contributed by atoms with E-state index >= 15 is 0 Å². The Labute approximate surface area is 181 Å². The van der Waals surface area contributed by atoms with Gasteiger partial charge < -0.3 is 9.64 Å². The van der Waals surface area contributed by atoms with E-state index in [4.69, 9.17) is 4.74 Å². The van der Waals surface area contributed by atoms with Crippen LogP contribution >= 0.6 is 0 Å². The van der Waals surface area contributed by atoms with Gasteiger partial charge in [0.25, 0.3) is 5.91 Å². The highest BCUT2D eigenvalue weighted by atomic mass is 16.5. The molecule has 1 amide bonds. The number of rotatable bonds is 6. The van der Waals surface area contributed by atoms with Crippen molar-refractivity contribution in [3.05, 3.63) is 64.3 Å². The highest BCUT2D eigenvalue weighted by Crippen LogP contribution is 2.37. The molecule has 1 atom stereocenters. The molecular weight excluding hydrogens is 392 g/mol. The predicted octanol–water partition coefficient (Wildman–Crippen LogP) is 3.20. The van der Waals surface area contributed by atoms with Crippen molar-refractivity contribution in [3.8, 4) is 0 Å². The molecule has 2 heterocycles. The van der Waals surface area contributed by atoms with Crippen molar-refractivity contribution >= 4 is 16.7 Å². The van der Waals surface area contributed by atoms with Crippen LogP contribution in [0.25, 0.3) is 10.8 Å². The Kier molecular flexibility index (Phi) is 5.36. The smallest absolute Gasteiger partial charge is 0.346 e. The van der Waals surface area contributed by atoms with Gasteiger partial charge in [-0.3, -0.25) is 9.36 Å². The van der Waals surface area contributed by atoms with Crippen LogP contribution in [0.5, 0.6) is 0 Å². The molecule has 1 unspecified atom stereocenters. The van der Waals surface area contributed by atoms with E-state index < -0.39 is 0 Å². The van der Waals surface area contributed by atoms with Crippen LogP contribution in [0.2, 0.25) is 0 Å². The van der Waals surface area contributed by atoms with E-state index in [-0.39, 0.29) is 23.6 Å². The third kappa shape index (κ3) is 3.90. The van der Waals surface area contributed by atoms with Gasteiger partial charge in [-0.15, -0.1) is 0 Å². The van der Waals surface area contributed by atoms with Gasteiger partial charge in [-0.25, -0.2) is 9.48 Å². The Morgan fingerprint density at radius 2 is 1.94 bits per heavy atom. The number of aromatic nitrogens is 3. The van der Waals surface area contributed by atoms with Gasteiger partial charge in [0.1, 0.15) is 5.82 Å². The van der Waals surface area contributed by atoms with Gasteiger partial charge in [0.15, 0.2) is 0 Å². The summed E-state index contributed by atoms with van der Waals surface area (Å²) in [6.07, 6.45) is 3.90. The van der Waals surface area contributed by atoms with Crippen LogP contribution in [-0.4, -0.2) is 52.0 Å². The monoisotopic (exact) mass is 420 g/mol. The number of fused-ring (bicyclic) bond motifs is 1. The first-order valence-electron chi connectivity index (χ1n) is 11.1. The lowest BCUT2D eigenvalue weighted by Gasteiger charge is -2.32. The summed E-state index contributed by atoms with van der Waals surface area (Å²) < 4.78 is 8.55. The molecule has 0 bridgehead atoms. The molecule has 5 rings (SSSR count). The largest absolute Gasteiger partial charge is 0.383 e. The Morgan fingerprint density at radius 3 is 2.71 bits per heavy atom. The number of amides is 1. The average Bonchev–Trinajstić information content (AvgIpc) is 3.60. The minimum Gasteiger partial charge on any atom is -0.383 e. The number of piperidine rings is 1. The molecule has 3 aromatic rings. The molecule has 0 spiro atoms. The van der Waals surface area contributed by atoms with Crippen molar-refractivity contribution in [1.82, 2.24) is 19.2 Å². The van der Waals surface area contributed by atoms with E-state index in [1.165, 1.54) is 4.68 Å². The molecule has 7 nitrogen and oxygen atoms in total. The number of likely N-dealkylation sites (tertiary alicyclic amines) is 1. The summed E-state index contributed by atoms with van der Waals surface area (Å²) in [6.45, 7) is 2.24. The van der Waals surface area contributed by atoms with Crippen LogP contribution in [0.15, 0.2) is 47.3 Å². The Hall–Kier alpha value is -2.93. The van der Waals surface area contributed by atoms with E-state index in [1.54, 1.807) is 7.11 Å². The lowest BCUT2D eigenvalue weighted by atomic mass is 9.96. The molecule has 1 aliphatic heterocycles. The number of carbonyl (C=O) groups excluding carboxylic acids is 1. The van der Waals surface area contributed by atoms with Gasteiger partial charge in [0, 0.05) is 37.7 Å². The van der Waals surface area contributed by atoms with Gasteiger partial charge >= 0.3 is 5.69 Å². The van der Waals surface area contributed by atoms with Crippen LogP contribution in [0.4, 0.5) is 0 Å². The minimum atomic E-state index is -0.0486. The summed E-state index contributed by atoms with van der Waals surface area (Å²) in [5, 5.41) is 6.89. The molecule has 1 aliphatic carbocycles. The van der Waals surface area contributed by atoms with Crippen LogP contribution in [-0.2, 0) is 11.3 Å². The highest BCUT2D eigenvalue weighted by molar-refractivity contribution is 5.98. The first-order valence-corrected chi connectivity index (χ1v) is 11.1. The lowest BCUT2D eigenvalue weighted by Crippen LogP contribution is -2.40. The van der Waals surface area contributed by atoms with E-state index in [9.17, 15) is 9.59 Å². The van der Waals surface area contributed by atoms with Crippen LogP contribution in [0, 0.1) is 0 Å². The summed E-state index contributed by atoms with van der Waals surface area (Å²) in [5.41, 5.74) is 0.664. The van der Waals surface area contributed by atoms with Gasteiger partial charge in [0.2, 0.25) is 0 Å². The number of benzene rings is 2. The van der Waals surface area contributed by atoms with E-state index in [0.717, 1.165) is 48.8 Å². The van der Waals surface area contributed by atoms with Gasteiger partial charge in [-0.1, -0.05) is 30.3 Å². The summed E-state index contributed by atoms with van der Waals surface area (Å²) in [6, 6.07) is 14.2. The first kappa shape index (κ1) is 20.0. The maximum absolute atomic E-state index is 13.3. The molecule has 0 N–H and O–H groups in total. The number of hydrogen-bond donors (Lipinski definition) is 0. The van der Waals surface area contributed by atoms with Crippen LogP contribution in [0.1, 0.15) is 53.8 Å². The zero-order valence-electron chi connectivity index (χ0n) is 17.9. The Morgan fingerprint density at radius 1 is 1.13 bits per heavy atom. The normalized spacial score (nSPS) is 19.1. The van der Waals surface area contributed by atoms with E-state index in [0.29, 0.717) is 25.3 Å². The number of hydrogen-bond acceptors (Lipinski definition) is 4. The molecule has 2 aliphatic rings. The molecule has 162 valence electrons. The molecule has 1 saturated carbocycles. The Balaban J connectivity index is 1.40. The molecule has 1 saturated heterocycles. The lowest BCUT2D eigenvalue weighted by molar-refractivity contribution is 0.0703. The molecule has 1 aromatic heterocycles. The zero-order chi connectivity index (χ0) is 21.4. The summed E-state index contributed by atoms with van der Waals surface area (Å²) >= 11 is 0. The molecule has 2 fully saturated rings. The molecule has 2 aromatic carbocycles. The fraction of sp³-hybridized carbons (Fsp3) is 0.458. The topological polar surface area (TPSA) is 69.4 Å². The first-order chi connectivity index (χ1) is 15.2. The number of methoxy groups -OCH3 is 1. The minimum absolute atomic E-state index is 0.0486. The van der Waals surface area contributed by atoms with Crippen LogP contribution < -0.4 is 5.69 Å². The van der Waals surface area contributed by atoms with Crippen molar-refractivity contribution in [2.45, 2.75) is 44.2 Å². The quantitative estimate of drug-likeness (QED) is 0.614. The summed E-state index contributed by atoms with van der Waals surface area (Å²) in [4.78, 5) is 28.1. The molecule has 7 heteroatoms. The maximum Gasteiger partial charge on any atom is 0.346 e. The SMILES string of the molecule is COCCn1nc(C2CCCN(C(=O)c3ccc4ccccc4c3)C2)n(C2CC2)c1=O. The second kappa shape index (κ2) is 8.30. The van der Waals surface area contributed by atoms with Gasteiger partial charge in [-0.05, 0) is 48.6 Å².